The van der Waals surface area contributed by atoms with E-state index in [1.54, 1.807) is 0 Å². The fourth-order valence-corrected chi connectivity index (χ4v) is 11.8. The second-order valence-corrected chi connectivity index (χ2v) is 20.8. The molecule has 4 amide bonds. The van der Waals surface area contributed by atoms with E-state index in [-0.39, 0.29) is 48.1 Å². The van der Waals surface area contributed by atoms with Gasteiger partial charge in [0.2, 0.25) is 11.8 Å². The summed E-state index contributed by atoms with van der Waals surface area (Å²) in [5.74, 6) is 1.53. The smallest absolute Gasteiger partial charge is 0.407 e. The normalized spacial score (nSPS) is 30.4. The second-order valence-electron chi connectivity index (χ2n) is 20.8. The number of alkyl carbamates (subject to hydrolysis) is 2. The van der Waals surface area contributed by atoms with E-state index in [1.807, 2.05) is 57.5 Å². The molecule has 3 saturated heterocycles. The largest absolute Gasteiger partial charge is 0.453 e. The number of carbonyl (C=O) groups is 4. The number of imidazole rings is 1. The summed E-state index contributed by atoms with van der Waals surface area (Å²) < 4.78 is 16.9. The van der Waals surface area contributed by atoms with E-state index in [2.05, 4.69) is 50.8 Å². The van der Waals surface area contributed by atoms with Crippen LogP contribution in [0.15, 0.2) is 24.5 Å². The zero-order valence-electron chi connectivity index (χ0n) is 38.3. The number of nitrogens with one attached hydrogen (secondary N) is 4. The van der Waals surface area contributed by atoms with Crippen molar-refractivity contribution in [3.05, 3.63) is 53.0 Å². The standard InChI is InChI=1S/C47H70N8O7/c1-10-26-23-30(49-37(26)33-13-11-20-54(33)42(56)39(46(2,3)4)51-44(58)60-8)27-15-17-32-36(24-27)62-35-18-16-28(29-19-22-53(32)38(29)35)31-25-48-41(50-31)34-14-12-21-55(34)43(57)40(47(5,6)7)52-45(59)61-9/h19,22-23,25,27-29,32-36,38-40,49H,10-18,20-21,24H2,1-9H3,(H,48,50)(H,51,58)(H,52,59). The highest BCUT2D eigenvalue weighted by Gasteiger charge is 2.54. The Hall–Kier alpha value is -4.53. The zero-order valence-corrected chi connectivity index (χ0v) is 38.3. The average Bonchev–Trinajstić information content (AvgIpc) is 4.09. The number of ether oxygens (including phenoxy) is 3. The van der Waals surface area contributed by atoms with Crippen LogP contribution in [0, 0.1) is 16.7 Å². The van der Waals surface area contributed by atoms with Crippen LogP contribution in [0.3, 0.4) is 0 Å². The molecule has 6 aliphatic rings. The summed E-state index contributed by atoms with van der Waals surface area (Å²) in [7, 11) is 2.64. The highest BCUT2D eigenvalue weighted by molar-refractivity contribution is 5.87. The van der Waals surface area contributed by atoms with Gasteiger partial charge >= 0.3 is 12.2 Å². The number of carbonyl (C=O) groups excluding carboxylic acids is 4. The molecule has 0 aromatic carbocycles. The quantitative estimate of drug-likeness (QED) is 0.208. The molecule has 0 spiro atoms. The van der Waals surface area contributed by atoms with Crippen molar-refractivity contribution >= 4 is 24.0 Å². The van der Waals surface area contributed by atoms with Gasteiger partial charge in [-0.3, -0.25) is 9.59 Å². The number of fused-ring (bicyclic) bond motifs is 2. The summed E-state index contributed by atoms with van der Waals surface area (Å²) in [6.07, 6.45) is 15.1. The van der Waals surface area contributed by atoms with Gasteiger partial charge in [0, 0.05) is 54.1 Å². The molecular weight excluding hydrogens is 789 g/mol. The van der Waals surface area contributed by atoms with Crippen LogP contribution < -0.4 is 10.6 Å². The number of likely N-dealkylation sites (tertiary alicyclic amines) is 2. The van der Waals surface area contributed by atoms with Gasteiger partial charge in [-0.25, -0.2) is 14.6 Å². The Balaban J connectivity index is 0.933. The number of morpholine rings is 1. The number of hydrogen-bond acceptors (Lipinski definition) is 9. The van der Waals surface area contributed by atoms with Gasteiger partial charge in [-0.05, 0) is 92.9 Å². The fraction of sp³-hybridized carbons (Fsp3) is 0.723. The van der Waals surface area contributed by atoms with Gasteiger partial charge in [-0.15, -0.1) is 0 Å². The molecule has 11 unspecified atom stereocenters. The summed E-state index contributed by atoms with van der Waals surface area (Å²) in [4.78, 5) is 71.6. The Kier molecular flexibility index (Phi) is 12.2. The van der Waals surface area contributed by atoms with Crippen LogP contribution in [-0.4, -0.2) is 117 Å². The van der Waals surface area contributed by atoms with Crippen molar-refractivity contribution in [2.24, 2.45) is 16.7 Å². The number of hydrogen-bond donors (Lipinski definition) is 4. The van der Waals surface area contributed by atoms with Crippen molar-refractivity contribution in [3.8, 4) is 0 Å². The molecule has 5 fully saturated rings. The Morgan fingerprint density at radius 2 is 1.45 bits per heavy atom. The molecule has 15 nitrogen and oxygen atoms in total. The predicted molar refractivity (Wildman–Crippen MR) is 233 cm³/mol. The van der Waals surface area contributed by atoms with E-state index < -0.39 is 35.1 Å². The van der Waals surface area contributed by atoms with E-state index in [0.29, 0.717) is 31.0 Å². The number of H-pyrrole nitrogens is 2. The fourth-order valence-electron chi connectivity index (χ4n) is 11.8. The number of methoxy groups -OCH3 is 2. The minimum Gasteiger partial charge on any atom is -0.453 e. The molecule has 4 aliphatic heterocycles. The lowest BCUT2D eigenvalue weighted by Gasteiger charge is -2.54. The van der Waals surface area contributed by atoms with Crippen LogP contribution in [0.1, 0.15) is 159 Å². The Morgan fingerprint density at radius 1 is 0.823 bits per heavy atom. The van der Waals surface area contributed by atoms with E-state index in [4.69, 9.17) is 19.2 Å². The number of nitrogens with zero attached hydrogens (tertiary/aromatic N) is 4. The van der Waals surface area contributed by atoms with Gasteiger partial charge in [0.1, 0.15) is 17.9 Å². The summed E-state index contributed by atoms with van der Waals surface area (Å²) >= 11 is 0. The SMILES string of the molecule is CCc1cc(C2CCC3C(C2)OC2CCC(c4cnc(C5CCCN5C(=O)C(NC(=O)OC)C(C)(C)C)[nH]4)C4C=CN3C24)[nH]c1C1CCCN1C(=O)C(NC(=O)OC)C(C)(C)C. The zero-order chi connectivity index (χ0) is 44.2. The van der Waals surface area contributed by atoms with Crippen molar-refractivity contribution < 1.29 is 33.4 Å². The molecule has 2 aromatic heterocycles. The number of aromatic nitrogens is 3. The monoisotopic (exact) mass is 859 g/mol. The van der Waals surface area contributed by atoms with Crippen molar-refractivity contribution in [1.82, 2.24) is 40.3 Å². The Labute approximate surface area is 366 Å². The van der Waals surface area contributed by atoms with Crippen molar-refractivity contribution in [2.45, 2.75) is 173 Å². The first kappa shape index (κ1) is 44.1. The van der Waals surface area contributed by atoms with E-state index >= 15 is 0 Å². The molecule has 340 valence electrons. The Bertz CT molecular complexity index is 2010. The molecule has 0 bridgehead atoms. The minimum atomic E-state index is -0.722. The first-order chi connectivity index (χ1) is 29.5. The van der Waals surface area contributed by atoms with Crippen LogP contribution in [0.25, 0.3) is 0 Å². The maximum atomic E-state index is 14.1. The molecule has 15 heteroatoms. The molecule has 2 aliphatic carbocycles. The molecule has 2 saturated carbocycles. The number of amides is 4. The van der Waals surface area contributed by atoms with Crippen molar-refractivity contribution in [1.29, 1.82) is 0 Å². The lowest BCUT2D eigenvalue weighted by molar-refractivity contribution is -0.168. The number of aromatic amines is 2. The third-order valence-electron chi connectivity index (χ3n) is 14.9. The minimum absolute atomic E-state index is 0.0675. The lowest BCUT2D eigenvalue weighted by atomic mass is 9.71. The molecule has 0 radical (unpaired) electrons. The van der Waals surface area contributed by atoms with Gasteiger partial charge in [-0.1, -0.05) is 54.5 Å². The van der Waals surface area contributed by atoms with Crippen LogP contribution in [0.2, 0.25) is 0 Å². The molecule has 4 N–H and O–H groups in total. The maximum absolute atomic E-state index is 14.1. The second kappa shape index (κ2) is 17.2. The predicted octanol–water partition coefficient (Wildman–Crippen LogP) is 6.96. The van der Waals surface area contributed by atoms with Crippen molar-refractivity contribution in [3.63, 3.8) is 0 Å². The third-order valence-corrected chi connectivity index (χ3v) is 14.9. The Morgan fingerprint density at radius 3 is 2.06 bits per heavy atom. The van der Waals surface area contributed by atoms with Gasteiger partial charge in [0.05, 0.1) is 50.6 Å². The highest BCUT2D eigenvalue weighted by Crippen LogP contribution is 2.51. The average molecular weight is 859 g/mol. The van der Waals surface area contributed by atoms with E-state index in [9.17, 15) is 19.2 Å². The molecule has 2 aromatic rings. The van der Waals surface area contributed by atoms with Gasteiger partial charge in [-0.2, -0.15) is 0 Å². The summed E-state index contributed by atoms with van der Waals surface area (Å²) in [6.45, 7) is 15.2. The summed E-state index contributed by atoms with van der Waals surface area (Å²) in [5.41, 5.74) is 3.76. The molecule has 62 heavy (non-hydrogen) atoms. The van der Waals surface area contributed by atoms with E-state index in [0.717, 1.165) is 81.4 Å². The first-order valence-electron chi connectivity index (χ1n) is 23.2. The molecule has 6 heterocycles. The first-order valence-corrected chi connectivity index (χ1v) is 23.2. The summed E-state index contributed by atoms with van der Waals surface area (Å²) in [6, 6.07) is 1.27. The maximum Gasteiger partial charge on any atom is 0.407 e. The molecular formula is C47H70N8O7. The van der Waals surface area contributed by atoms with E-state index in [1.165, 1.54) is 25.5 Å². The van der Waals surface area contributed by atoms with Crippen LogP contribution >= 0.6 is 0 Å². The van der Waals surface area contributed by atoms with Crippen LogP contribution in [0.4, 0.5) is 9.59 Å². The number of rotatable bonds is 9. The number of aryl methyl sites for hydroxylation is 1. The lowest BCUT2D eigenvalue weighted by Crippen LogP contribution is -2.62. The van der Waals surface area contributed by atoms with Crippen molar-refractivity contribution in [2.75, 3.05) is 27.3 Å². The summed E-state index contributed by atoms with van der Waals surface area (Å²) in [5, 5.41) is 5.61. The van der Waals surface area contributed by atoms with Gasteiger partial charge in [0.15, 0.2) is 0 Å². The highest BCUT2D eigenvalue weighted by atomic mass is 16.5. The van der Waals surface area contributed by atoms with Gasteiger partial charge < -0.3 is 49.5 Å². The van der Waals surface area contributed by atoms with Gasteiger partial charge in [0.25, 0.3) is 0 Å². The third kappa shape index (κ3) is 8.22. The molecule has 8 rings (SSSR count). The van der Waals surface area contributed by atoms with Crippen LogP contribution in [-0.2, 0) is 30.2 Å². The molecule has 11 atom stereocenters. The topological polar surface area (TPSA) is 174 Å². The van der Waals surface area contributed by atoms with Crippen LogP contribution in [0.5, 0.6) is 0 Å².